The fraction of sp³-hybridized carbons (Fsp3) is 0.733. The van der Waals surface area contributed by atoms with E-state index in [1.807, 2.05) is 0 Å². The molecule has 2 aliphatic rings. The third-order valence-electron chi connectivity index (χ3n) is 4.58. The Morgan fingerprint density at radius 1 is 1.33 bits per heavy atom. The van der Waals surface area contributed by atoms with Crippen molar-refractivity contribution in [1.29, 1.82) is 0 Å². The van der Waals surface area contributed by atoms with Crippen LogP contribution in [0.25, 0.3) is 0 Å². The topological polar surface area (TPSA) is 34.2 Å². The van der Waals surface area contributed by atoms with Gasteiger partial charge in [0.1, 0.15) is 0 Å². The minimum atomic E-state index is 0.272. The lowest BCUT2D eigenvalue weighted by Gasteiger charge is -2.26. The molecule has 18 heavy (non-hydrogen) atoms. The van der Waals surface area contributed by atoms with Crippen LogP contribution in [0.2, 0.25) is 0 Å². The van der Waals surface area contributed by atoms with Crippen molar-refractivity contribution in [3.63, 3.8) is 0 Å². The van der Waals surface area contributed by atoms with Crippen molar-refractivity contribution in [2.24, 2.45) is 5.73 Å². The summed E-state index contributed by atoms with van der Waals surface area (Å²) in [6.07, 6.45) is 8.62. The zero-order valence-electron chi connectivity index (χ0n) is 11.4. The monoisotopic (exact) mass is 247 g/mol. The molecule has 0 bridgehead atoms. The summed E-state index contributed by atoms with van der Waals surface area (Å²) in [5, 5.41) is 0. The molecule has 2 atom stereocenters. The molecule has 2 N–H and O–H groups in total. The fourth-order valence-corrected chi connectivity index (χ4v) is 3.59. The van der Waals surface area contributed by atoms with Crippen LogP contribution < -0.4 is 5.73 Å². The second-order valence-electron chi connectivity index (χ2n) is 5.98. The van der Waals surface area contributed by atoms with E-state index in [4.69, 9.17) is 5.73 Å². The van der Waals surface area contributed by atoms with Gasteiger partial charge in [0, 0.05) is 30.5 Å². The van der Waals surface area contributed by atoms with Crippen molar-refractivity contribution in [3.05, 3.63) is 23.5 Å². The molecule has 100 valence electrons. The van der Waals surface area contributed by atoms with E-state index in [-0.39, 0.29) is 6.04 Å². The average molecular weight is 247 g/mol. The van der Waals surface area contributed by atoms with E-state index in [2.05, 4.69) is 28.7 Å². The second kappa shape index (κ2) is 5.06. The minimum Gasteiger partial charge on any atom is -0.347 e. The zero-order chi connectivity index (χ0) is 12.5. The van der Waals surface area contributed by atoms with Gasteiger partial charge in [0.2, 0.25) is 0 Å². The number of hydrogen-bond donors (Lipinski definition) is 1. The Bertz CT molecular complexity index is 404. The van der Waals surface area contributed by atoms with Crippen LogP contribution in [0.1, 0.15) is 55.9 Å². The highest BCUT2D eigenvalue weighted by atomic mass is 15.2. The molecule has 3 nitrogen and oxygen atoms in total. The summed E-state index contributed by atoms with van der Waals surface area (Å²) in [4.78, 5) is 2.60. The molecule has 0 spiro atoms. The number of fused-ring (bicyclic) bond motifs is 1. The summed E-state index contributed by atoms with van der Waals surface area (Å²) < 4.78 is 2.48. The molecule has 1 aromatic rings. The largest absolute Gasteiger partial charge is 0.347 e. The Morgan fingerprint density at radius 3 is 2.89 bits per heavy atom. The Balaban J connectivity index is 1.75. The summed E-state index contributed by atoms with van der Waals surface area (Å²) in [5.74, 6) is 0. The van der Waals surface area contributed by atoms with Gasteiger partial charge in [0.15, 0.2) is 0 Å². The Kier molecular flexibility index (Phi) is 3.44. The van der Waals surface area contributed by atoms with Crippen molar-refractivity contribution in [2.45, 2.75) is 51.1 Å². The first-order valence-electron chi connectivity index (χ1n) is 7.43. The van der Waals surface area contributed by atoms with Gasteiger partial charge in [0.05, 0.1) is 0 Å². The maximum atomic E-state index is 6.20. The molecule has 2 unspecified atom stereocenters. The third kappa shape index (κ3) is 2.21. The first kappa shape index (κ1) is 12.2. The van der Waals surface area contributed by atoms with Crippen LogP contribution in [0.5, 0.6) is 0 Å². The summed E-state index contributed by atoms with van der Waals surface area (Å²) >= 11 is 0. The maximum Gasteiger partial charge on any atom is 0.0432 e. The molecule has 0 radical (unpaired) electrons. The predicted molar refractivity (Wildman–Crippen MR) is 74.7 cm³/mol. The summed E-state index contributed by atoms with van der Waals surface area (Å²) in [6.45, 7) is 6.11. The number of nitrogens with two attached hydrogens (primary N) is 1. The third-order valence-corrected chi connectivity index (χ3v) is 4.58. The summed E-state index contributed by atoms with van der Waals surface area (Å²) in [7, 11) is 0. The number of rotatable bonds is 3. The Labute approximate surface area is 110 Å². The van der Waals surface area contributed by atoms with E-state index < -0.39 is 0 Å². The lowest BCUT2D eigenvalue weighted by Crippen LogP contribution is -2.28. The van der Waals surface area contributed by atoms with Crippen molar-refractivity contribution >= 4 is 0 Å². The quantitative estimate of drug-likeness (QED) is 0.890. The first-order valence-corrected chi connectivity index (χ1v) is 7.43. The molecule has 0 saturated carbocycles. The molecule has 2 heterocycles. The highest BCUT2D eigenvalue weighted by Gasteiger charge is 2.23. The van der Waals surface area contributed by atoms with Crippen molar-refractivity contribution in [3.8, 4) is 0 Å². The molecule has 0 aromatic carbocycles. The highest BCUT2D eigenvalue weighted by Crippen LogP contribution is 2.30. The fourth-order valence-electron chi connectivity index (χ4n) is 3.59. The zero-order valence-corrected chi connectivity index (χ0v) is 11.4. The van der Waals surface area contributed by atoms with Crippen LogP contribution >= 0.6 is 0 Å². The van der Waals surface area contributed by atoms with Gasteiger partial charge in [-0.15, -0.1) is 0 Å². The van der Waals surface area contributed by atoms with E-state index in [1.54, 1.807) is 0 Å². The summed E-state index contributed by atoms with van der Waals surface area (Å²) in [5.41, 5.74) is 9.10. The SMILES string of the molecule is CC(CN1CCCC1)n1ccc2c1CCCC2N. The highest BCUT2D eigenvalue weighted by molar-refractivity contribution is 5.28. The van der Waals surface area contributed by atoms with E-state index in [1.165, 1.54) is 56.6 Å². The normalized spacial score (nSPS) is 26.2. The molecule has 1 aliphatic heterocycles. The lowest BCUT2D eigenvalue weighted by atomic mass is 9.93. The van der Waals surface area contributed by atoms with Gasteiger partial charge in [-0.05, 0) is 63.7 Å². The van der Waals surface area contributed by atoms with Gasteiger partial charge in [-0.25, -0.2) is 0 Å². The molecule has 1 aliphatic carbocycles. The van der Waals surface area contributed by atoms with Gasteiger partial charge in [-0.3, -0.25) is 0 Å². The Hall–Kier alpha value is -0.800. The van der Waals surface area contributed by atoms with Crippen molar-refractivity contribution in [2.75, 3.05) is 19.6 Å². The van der Waals surface area contributed by atoms with E-state index in [9.17, 15) is 0 Å². The van der Waals surface area contributed by atoms with Gasteiger partial charge in [-0.1, -0.05) is 0 Å². The molecular weight excluding hydrogens is 222 g/mol. The van der Waals surface area contributed by atoms with Gasteiger partial charge in [0.25, 0.3) is 0 Å². The molecule has 1 fully saturated rings. The molecule has 3 rings (SSSR count). The molecule has 1 saturated heterocycles. The molecule has 0 amide bonds. The molecule has 1 aromatic heterocycles. The second-order valence-corrected chi connectivity index (χ2v) is 5.98. The van der Waals surface area contributed by atoms with Crippen LogP contribution in [0.3, 0.4) is 0 Å². The lowest BCUT2D eigenvalue weighted by molar-refractivity contribution is 0.284. The van der Waals surface area contributed by atoms with E-state index in [0.717, 1.165) is 6.42 Å². The van der Waals surface area contributed by atoms with E-state index in [0.29, 0.717) is 6.04 Å². The van der Waals surface area contributed by atoms with Crippen LogP contribution in [-0.2, 0) is 6.42 Å². The number of nitrogens with zero attached hydrogens (tertiary/aromatic N) is 2. The van der Waals surface area contributed by atoms with Gasteiger partial charge < -0.3 is 15.2 Å². The minimum absolute atomic E-state index is 0.272. The molecular formula is C15H25N3. The van der Waals surface area contributed by atoms with Gasteiger partial charge in [-0.2, -0.15) is 0 Å². The predicted octanol–water partition coefficient (Wildman–Crippen LogP) is 2.48. The van der Waals surface area contributed by atoms with Crippen LogP contribution in [0, 0.1) is 0 Å². The molecule has 3 heteroatoms. The number of hydrogen-bond acceptors (Lipinski definition) is 2. The van der Waals surface area contributed by atoms with E-state index >= 15 is 0 Å². The van der Waals surface area contributed by atoms with Crippen molar-refractivity contribution < 1.29 is 0 Å². The number of likely N-dealkylation sites (tertiary alicyclic amines) is 1. The van der Waals surface area contributed by atoms with Crippen LogP contribution in [-0.4, -0.2) is 29.1 Å². The first-order chi connectivity index (χ1) is 8.75. The van der Waals surface area contributed by atoms with Crippen LogP contribution in [0.15, 0.2) is 12.3 Å². The average Bonchev–Trinajstić information content (AvgIpc) is 2.98. The number of aromatic nitrogens is 1. The Morgan fingerprint density at radius 2 is 2.11 bits per heavy atom. The smallest absolute Gasteiger partial charge is 0.0432 e. The summed E-state index contributed by atoms with van der Waals surface area (Å²) in [6, 6.07) is 3.10. The van der Waals surface area contributed by atoms with Crippen LogP contribution in [0.4, 0.5) is 0 Å². The van der Waals surface area contributed by atoms with Gasteiger partial charge >= 0.3 is 0 Å². The maximum absolute atomic E-state index is 6.20. The standard InChI is InChI=1S/C15H25N3/c1-12(11-17-8-2-3-9-17)18-10-7-13-14(16)5-4-6-15(13)18/h7,10,12,14H,2-6,8-9,11,16H2,1H3. The van der Waals surface area contributed by atoms with Crippen molar-refractivity contribution in [1.82, 2.24) is 9.47 Å².